The first-order valence-corrected chi connectivity index (χ1v) is 6.17. The third-order valence-corrected chi connectivity index (χ3v) is 2.98. The van der Waals surface area contributed by atoms with Gasteiger partial charge in [0.15, 0.2) is 0 Å². The molecule has 0 fully saturated rings. The summed E-state index contributed by atoms with van der Waals surface area (Å²) >= 11 is -3.30. The Morgan fingerprint density at radius 2 is 1.18 bits per heavy atom. The summed E-state index contributed by atoms with van der Waals surface area (Å²) in [5, 5.41) is 0. The molecule has 0 aromatic rings. The fourth-order valence-corrected chi connectivity index (χ4v) is 1.33. The zero-order valence-corrected chi connectivity index (χ0v) is 7.15. The van der Waals surface area contributed by atoms with Crippen LogP contribution in [-0.2, 0) is 0 Å². The van der Waals surface area contributed by atoms with Crippen molar-refractivity contribution in [1.29, 1.82) is 0 Å². The van der Waals surface area contributed by atoms with Gasteiger partial charge in [-0.2, -0.15) is 0 Å². The summed E-state index contributed by atoms with van der Waals surface area (Å²) in [5.41, 5.74) is 24.0. The average molecular weight is 220 g/mol. The Morgan fingerprint density at radius 1 is 0.909 bits per heavy atom. The first-order valence-electron chi connectivity index (χ1n) is 2.16. The van der Waals surface area contributed by atoms with E-state index in [2.05, 4.69) is 27.1 Å². The number of rotatable bonds is 3. The second kappa shape index (κ2) is 4.29. The van der Waals surface area contributed by atoms with E-state index in [0.29, 0.717) is 0 Å². The number of nitrogens with zero attached hydrogens (tertiary/aromatic N) is 9. The van der Waals surface area contributed by atoms with E-state index in [0.717, 1.165) is 0 Å². The SMILES string of the molecule is C[Se](N=[N+]=[N-])(N=[N+]=[N-])N=[N+]=[N-]. The molecule has 58 valence electrons. The summed E-state index contributed by atoms with van der Waals surface area (Å²) in [5.74, 6) is 1.34. The van der Waals surface area contributed by atoms with Crippen LogP contribution in [0.1, 0.15) is 0 Å². The Morgan fingerprint density at radius 3 is 1.36 bits per heavy atom. The van der Waals surface area contributed by atoms with Gasteiger partial charge in [0.25, 0.3) is 0 Å². The van der Waals surface area contributed by atoms with E-state index < -0.39 is 13.5 Å². The molecule has 0 aliphatic carbocycles. The van der Waals surface area contributed by atoms with Gasteiger partial charge < -0.3 is 0 Å². The van der Waals surface area contributed by atoms with Crippen LogP contribution in [-0.4, -0.2) is 13.5 Å². The van der Waals surface area contributed by atoms with Gasteiger partial charge in [-0.15, -0.1) is 0 Å². The fourth-order valence-electron chi connectivity index (χ4n) is 0.257. The summed E-state index contributed by atoms with van der Waals surface area (Å²) in [6, 6.07) is 0. The van der Waals surface area contributed by atoms with E-state index in [9.17, 15) is 0 Å². The standard InChI is InChI=1S/CH3N9Se/c1-11(8-5-2,9-6-3)10-7-4/h1H3. The van der Waals surface area contributed by atoms with Gasteiger partial charge in [0, 0.05) is 0 Å². The molecule has 0 amide bonds. The van der Waals surface area contributed by atoms with Crippen molar-refractivity contribution in [3.05, 3.63) is 31.3 Å². The summed E-state index contributed by atoms with van der Waals surface area (Å²) in [4.78, 5) is 7.23. The third-order valence-electron chi connectivity index (χ3n) is 0.574. The van der Waals surface area contributed by atoms with E-state index in [1.165, 1.54) is 5.82 Å². The van der Waals surface area contributed by atoms with Crippen molar-refractivity contribution < 1.29 is 0 Å². The number of azide groups is 1. The number of hydrogen-bond donors (Lipinski definition) is 0. The van der Waals surface area contributed by atoms with Gasteiger partial charge in [0.1, 0.15) is 0 Å². The van der Waals surface area contributed by atoms with Crippen LogP contribution in [0.2, 0.25) is 5.82 Å². The Bertz CT molecular complexity index is 226. The van der Waals surface area contributed by atoms with Crippen LogP contribution in [0, 0.1) is 0 Å². The van der Waals surface area contributed by atoms with Crippen LogP contribution >= 0.6 is 0 Å². The van der Waals surface area contributed by atoms with Crippen LogP contribution in [0.15, 0.2) is 12.4 Å². The molecule has 0 aliphatic heterocycles. The minimum absolute atomic E-state index is 1.34. The van der Waals surface area contributed by atoms with E-state index in [4.69, 9.17) is 16.6 Å². The van der Waals surface area contributed by atoms with Gasteiger partial charge in [0.05, 0.1) is 0 Å². The molecule has 0 N–H and O–H groups in total. The Balaban J connectivity index is 4.94. The summed E-state index contributed by atoms with van der Waals surface area (Å²) in [7, 11) is 0. The van der Waals surface area contributed by atoms with E-state index in [-0.39, 0.29) is 0 Å². The maximum atomic E-state index is 7.99. The number of hydrogen-bond acceptors (Lipinski definition) is 3. The quantitative estimate of drug-likeness (QED) is 0.297. The van der Waals surface area contributed by atoms with Gasteiger partial charge in [-0.25, -0.2) is 0 Å². The van der Waals surface area contributed by atoms with Crippen molar-refractivity contribution >= 4 is 13.5 Å². The predicted octanol–water partition coefficient (Wildman–Crippen LogP) is 2.49. The molecular formula is CH3N9Se. The van der Waals surface area contributed by atoms with Crippen LogP contribution in [0.25, 0.3) is 31.3 Å². The molecule has 0 unspecified atom stereocenters. The molecule has 0 rings (SSSR count). The van der Waals surface area contributed by atoms with Gasteiger partial charge in [0.2, 0.25) is 0 Å². The summed E-state index contributed by atoms with van der Waals surface area (Å²) in [6.45, 7) is 0. The Hall–Kier alpha value is -1.55. The van der Waals surface area contributed by atoms with Crippen molar-refractivity contribution in [2.45, 2.75) is 5.82 Å². The van der Waals surface area contributed by atoms with Crippen molar-refractivity contribution in [2.75, 3.05) is 0 Å². The molecule has 0 aromatic heterocycles. The van der Waals surface area contributed by atoms with E-state index in [1.807, 2.05) is 0 Å². The molecule has 0 radical (unpaired) electrons. The fraction of sp³-hybridized carbons (Fsp3) is 1.00. The summed E-state index contributed by atoms with van der Waals surface area (Å²) < 4.78 is 9.39. The monoisotopic (exact) mass is 221 g/mol. The molecule has 0 atom stereocenters. The van der Waals surface area contributed by atoms with Gasteiger partial charge in [-0.05, 0) is 0 Å². The molecule has 11 heavy (non-hydrogen) atoms. The van der Waals surface area contributed by atoms with Crippen LogP contribution in [0.4, 0.5) is 0 Å². The first kappa shape index (κ1) is 9.45. The molecule has 0 aromatic carbocycles. The molecule has 0 saturated heterocycles. The second-order valence-corrected chi connectivity index (χ2v) is 5.66. The van der Waals surface area contributed by atoms with Crippen LogP contribution in [0.3, 0.4) is 0 Å². The van der Waals surface area contributed by atoms with Crippen molar-refractivity contribution in [3.8, 4) is 0 Å². The average Bonchev–Trinajstić information content (AvgIpc) is 1.88. The molecule has 9 nitrogen and oxygen atoms in total. The normalized spacial score (nSPS) is 15.7. The molecular weight excluding hydrogens is 217 g/mol. The molecule has 0 bridgehead atoms. The minimum atomic E-state index is -3.30. The van der Waals surface area contributed by atoms with Crippen LogP contribution in [0.5, 0.6) is 0 Å². The van der Waals surface area contributed by atoms with Gasteiger partial charge >= 0.3 is 63.0 Å². The Labute approximate surface area is 63.7 Å². The van der Waals surface area contributed by atoms with Crippen molar-refractivity contribution in [1.82, 2.24) is 0 Å². The molecule has 0 heterocycles. The summed E-state index contributed by atoms with van der Waals surface area (Å²) in [6.07, 6.45) is 0. The van der Waals surface area contributed by atoms with E-state index >= 15 is 0 Å². The van der Waals surface area contributed by atoms with Crippen molar-refractivity contribution in [2.24, 2.45) is 12.4 Å². The molecule has 0 saturated carbocycles. The maximum absolute atomic E-state index is 7.99. The van der Waals surface area contributed by atoms with Crippen molar-refractivity contribution in [3.63, 3.8) is 0 Å². The molecule has 10 heteroatoms. The zero-order chi connectivity index (χ0) is 8.74. The zero-order valence-electron chi connectivity index (χ0n) is 5.43. The Kier molecular flexibility index (Phi) is 3.69. The van der Waals surface area contributed by atoms with Gasteiger partial charge in [-0.1, -0.05) is 0 Å². The van der Waals surface area contributed by atoms with E-state index in [1.54, 1.807) is 0 Å². The first-order chi connectivity index (χ1) is 5.18. The third kappa shape index (κ3) is 3.22. The van der Waals surface area contributed by atoms with Crippen LogP contribution < -0.4 is 0 Å². The topological polar surface area (TPSA) is 146 Å². The predicted molar refractivity (Wildman–Crippen MR) is 39.1 cm³/mol. The van der Waals surface area contributed by atoms with Gasteiger partial charge in [-0.3, -0.25) is 0 Å². The molecule has 0 spiro atoms. The molecule has 0 aliphatic rings. The second-order valence-electron chi connectivity index (χ2n) is 1.31.